The number of alkyl halides is 1. The van der Waals surface area contributed by atoms with Crippen LogP contribution in [0, 0.1) is 5.92 Å². The first kappa shape index (κ1) is 31.5. The number of halogens is 1. The number of ether oxygens (including phenoxy) is 2. The third kappa shape index (κ3) is 11.2. The topological polar surface area (TPSA) is 52.6 Å². The Hall–Kier alpha value is -1.99. The summed E-state index contributed by atoms with van der Waals surface area (Å²) >= 11 is 3.49. The Kier molecular flexibility index (Phi) is 13.2. The van der Waals surface area contributed by atoms with E-state index in [1.807, 2.05) is 36.4 Å². The van der Waals surface area contributed by atoms with Crippen LogP contribution in [0.3, 0.4) is 0 Å². The molecule has 0 N–H and O–H groups in total. The van der Waals surface area contributed by atoms with Gasteiger partial charge in [-0.05, 0) is 70.6 Å². The fourth-order valence-electron chi connectivity index (χ4n) is 4.81. The Morgan fingerprint density at radius 3 is 2.21 bits per heavy atom. The molecule has 0 amide bonds. The molecule has 0 radical (unpaired) electrons. The summed E-state index contributed by atoms with van der Waals surface area (Å²) in [5.74, 6) is -0.0433. The molecule has 0 aromatic heterocycles. The second-order valence-electron chi connectivity index (χ2n) is 10.6. The molecule has 3 rings (SSSR count). The lowest BCUT2D eigenvalue weighted by Crippen LogP contribution is -2.23. The van der Waals surface area contributed by atoms with Gasteiger partial charge in [-0.1, -0.05) is 99.4 Å². The molecule has 0 aliphatic carbocycles. The minimum Gasteiger partial charge on any atom is -0.374 e. The lowest BCUT2D eigenvalue weighted by molar-refractivity contribution is -0.00881. The van der Waals surface area contributed by atoms with Crippen molar-refractivity contribution in [2.75, 3.05) is 17.7 Å². The van der Waals surface area contributed by atoms with Gasteiger partial charge in [-0.3, -0.25) is 0 Å². The zero-order valence-electron chi connectivity index (χ0n) is 23.5. The highest BCUT2D eigenvalue weighted by Gasteiger charge is 2.37. The normalized spacial score (nSPS) is 20.9. The molecule has 0 saturated carbocycles. The van der Waals surface area contributed by atoms with Gasteiger partial charge in [-0.2, -0.15) is 0 Å². The summed E-state index contributed by atoms with van der Waals surface area (Å²) in [6.07, 6.45) is 11.1. The zero-order valence-corrected chi connectivity index (χ0v) is 25.9. The van der Waals surface area contributed by atoms with E-state index in [2.05, 4.69) is 54.9 Å². The molecular weight excluding hydrogens is 572 g/mol. The van der Waals surface area contributed by atoms with Crippen molar-refractivity contribution < 1.29 is 17.9 Å². The summed E-state index contributed by atoms with van der Waals surface area (Å²) in [5, 5.41) is 0.927. The van der Waals surface area contributed by atoms with Crippen LogP contribution in [-0.2, 0) is 25.9 Å². The van der Waals surface area contributed by atoms with E-state index >= 15 is 0 Å². The van der Waals surface area contributed by atoms with Crippen LogP contribution in [0.4, 0.5) is 0 Å². The molecule has 0 unspecified atom stereocenters. The minimum atomic E-state index is -3.41. The Bertz CT molecular complexity index is 1200. The van der Waals surface area contributed by atoms with Crippen LogP contribution in [0.25, 0.3) is 0 Å². The largest absolute Gasteiger partial charge is 0.374 e. The van der Waals surface area contributed by atoms with E-state index in [4.69, 9.17) is 9.47 Å². The highest BCUT2D eigenvalue weighted by Crippen LogP contribution is 2.32. The first-order valence-electron chi connectivity index (χ1n) is 13.9. The van der Waals surface area contributed by atoms with Gasteiger partial charge in [0.15, 0.2) is 9.84 Å². The van der Waals surface area contributed by atoms with Gasteiger partial charge in [-0.25, -0.2) is 8.42 Å². The standard InChI is InChI=1S/C33H43BrO4S/c1-26(13-11-15-28(3)22-34)12-10-14-27(2)20-33-30(25-39(35,36)32-18-8-5-9-19-32)21-31(38-33)24-37-23-29-16-6-4-7-17-29/h4-9,12,15-20,30-31,33H,10-11,13-14,21-25H2,1-3H3/b26-12+,27-20+,28-15-/t30-,31-,33-/m1/s1. The van der Waals surface area contributed by atoms with Crippen LogP contribution in [0.15, 0.2) is 101 Å². The van der Waals surface area contributed by atoms with E-state index in [0.717, 1.165) is 36.6 Å². The lowest BCUT2D eigenvalue weighted by Gasteiger charge is -2.17. The van der Waals surface area contributed by atoms with Gasteiger partial charge in [0.05, 0.1) is 36.1 Å². The highest BCUT2D eigenvalue weighted by molar-refractivity contribution is 9.09. The predicted octanol–water partition coefficient (Wildman–Crippen LogP) is 8.25. The summed E-state index contributed by atoms with van der Waals surface area (Å²) < 4.78 is 38.7. The van der Waals surface area contributed by atoms with Crippen molar-refractivity contribution in [3.8, 4) is 0 Å². The lowest BCUT2D eigenvalue weighted by atomic mass is 9.98. The summed E-state index contributed by atoms with van der Waals surface area (Å²) in [4.78, 5) is 0.370. The van der Waals surface area contributed by atoms with Crippen molar-refractivity contribution in [3.63, 3.8) is 0 Å². The molecule has 0 bridgehead atoms. The second kappa shape index (κ2) is 16.3. The Balaban J connectivity index is 1.61. The van der Waals surface area contributed by atoms with E-state index in [1.54, 1.807) is 24.3 Å². The average Bonchev–Trinajstić information content (AvgIpc) is 3.29. The fourth-order valence-corrected chi connectivity index (χ4v) is 6.69. The van der Waals surface area contributed by atoms with E-state index < -0.39 is 9.84 Å². The predicted molar refractivity (Wildman–Crippen MR) is 165 cm³/mol. The molecule has 1 saturated heterocycles. The third-order valence-electron chi connectivity index (χ3n) is 7.05. The van der Waals surface area contributed by atoms with E-state index in [9.17, 15) is 8.42 Å². The van der Waals surface area contributed by atoms with Gasteiger partial charge < -0.3 is 9.47 Å². The van der Waals surface area contributed by atoms with Crippen LogP contribution in [0.5, 0.6) is 0 Å². The number of hydrogen-bond acceptors (Lipinski definition) is 4. The summed E-state index contributed by atoms with van der Waals surface area (Å²) in [7, 11) is -3.41. The monoisotopic (exact) mass is 614 g/mol. The second-order valence-corrected chi connectivity index (χ2v) is 13.2. The maximum atomic E-state index is 13.2. The SMILES string of the molecule is C/C(=C/CC/C(C)=C/CC/C(C)=C/[C@H]1O[C@@H](COCc2ccccc2)C[C@@H]1CS(=O)(=O)c1ccccc1)CBr. The van der Waals surface area contributed by atoms with Gasteiger partial charge in [0.25, 0.3) is 0 Å². The van der Waals surface area contributed by atoms with Gasteiger partial charge in [0.2, 0.25) is 0 Å². The van der Waals surface area contributed by atoms with Crippen molar-refractivity contribution in [2.45, 2.75) is 76.6 Å². The molecule has 2 aromatic rings. The average molecular weight is 616 g/mol. The maximum absolute atomic E-state index is 13.2. The minimum absolute atomic E-state index is 0.0704. The number of benzene rings is 2. The van der Waals surface area contributed by atoms with Gasteiger partial charge >= 0.3 is 0 Å². The summed E-state index contributed by atoms with van der Waals surface area (Å²) in [5.41, 5.74) is 5.11. The first-order chi connectivity index (χ1) is 18.8. The molecule has 2 aromatic carbocycles. The smallest absolute Gasteiger partial charge is 0.178 e. The van der Waals surface area contributed by atoms with Gasteiger partial charge in [0, 0.05) is 11.2 Å². The van der Waals surface area contributed by atoms with Crippen LogP contribution >= 0.6 is 15.9 Å². The Morgan fingerprint density at radius 1 is 0.923 bits per heavy atom. The molecule has 3 atom stereocenters. The van der Waals surface area contributed by atoms with Crippen LogP contribution in [0.2, 0.25) is 0 Å². The molecule has 1 aliphatic rings. The van der Waals surface area contributed by atoms with Crippen LogP contribution in [0.1, 0.15) is 58.4 Å². The maximum Gasteiger partial charge on any atom is 0.178 e. The van der Waals surface area contributed by atoms with E-state index in [1.165, 1.54) is 16.7 Å². The van der Waals surface area contributed by atoms with Crippen molar-refractivity contribution in [1.82, 2.24) is 0 Å². The molecule has 0 spiro atoms. The van der Waals surface area contributed by atoms with Crippen molar-refractivity contribution in [1.29, 1.82) is 0 Å². The number of sulfone groups is 1. The van der Waals surface area contributed by atoms with Crippen molar-refractivity contribution in [3.05, 3.63) is 101 Å². The number of rotatable bonds is 15. The van der Waals surface area contributed by atoms with Crippen molar-refractivity contribution in [2.24, 2.45) is 5.92 Å². The van der Waals surface area contributed by atoms with Crippen molar-refractivity contribution >= 4 is 25.8 Å². The van der Waals surface area contributed by atoms with E-state index in [-0.39, 0.29) is 23.9 Å². The molecule has 4 nitrogen and oxygen atoms in total. The zero-order chi connectivity index (χ0) is 28.1. The molecule has 212 valence electrons. The van der Waals surface area contributed by atoms with Crippen LogP contribution in [-0.4, -0.2) is 38.3 Å². The number of hydrogen-bond donors (Lipinski definition) is 0. The number of allylic oxidation sites excluding steroid dienone is 5. The molecular formula is C33H43BrO4S. The molecule has 6 heteroatoms. The van der Waals surface area contributed by atoms with Gasteiger partial charge in [0.1, 0.15) is 0 Å². The summed E-state index contributed by atoms with van der Waals surface area (Å²) in [6.45, 7) is 7.43. The highest BCUT2D eigenvalue weighted by atomic mass is 79.9. The Morgan fingerprint density at radius 2 is 1.54 bits per heavy atom. The van der Waals surface area contributed by atoms with Gasteiger partial charge in [-0.15, -0.1) is 0 Å². The first-order valence-corrected chi connectivity index (χ1v) is 16.6. The fraction of sp³-hybridized carbons (Fsp3) is 0.455. The molecule has 39 heavy (non-hydrogen) atoms. The summed E-state index contributed by atoms with van der Waals surface area (Å²) in [6, 6.07) is 18.8. The van der Waals surface area contributed by atoms with Crippen LogP contribution < -0.4 is 0 Å². The molecule has 1 heterocycles. The molecule has 1 aliphatic heterocycles. The Labute approximate surface area is 244 Å². The van der Waals surface area contributed by atoms with E-state index in [0.29, 0.717) is 24.5 Å². The quantitative estimate of drug-likeness (QED) is 0.150. The molecule has 1 fully saturated rings. The third-order valence-corrected chi connectivity index (χ3v) is 9.80.